The van der Waals surface area contributed by atoms with Crippen molar-refractivity contribution in [3.8, 4) is 0 Å². The Morgan fingerprint density at radius 1 is 1.37 bits per heavy atom. The minimum absolute atomic E-state index is 0.400. The molecule has 19 heavy (non-hydrogen) atoms. The zero-order valence-electron chi connectivity index (χ0n) is 11.1. The van der Waals surface area contributed by atoms with E-state index in [1.165, 1.54) is 31.2 Å². The van der Waals surface area contributed by atoms with Gasteiger partial charge in [0, 0.05) is 11.0 Å². The van der Waals surface area contributed by atoms with Crippen LogP contribution in [0.5, 0.6) is 0 Å². The van der Waals surface area contributed by atoms with E-state index in [1.54, 1.807) is 0 Å². The summed E-state index contributed by atoms with van der Waals surface area (Å²) >= 11 is 9.63. The van der Waals surface area contributed by atoms with Crippen molar-refractivity contribution in [3.63, 3.8) is 0 Å². The van der Waals surface area contributed by atoms with Gasteiger partial charge < -0.3 is 4.57 Å². The Bertz CT molecular complexity index is 599. The fourth-order valence-electron chi connectivity index (χ4n) is 3.19. The molecule has 2 nitrogen and oxygen atoms in total. The van der Waals surface area contributed by atoms with Crippen LogP contribution in [0.1, 0.15) is 38.4 Å². The van der Waals surface area contributed by atoms with Crippen LogP contribution in [0.15, 0.2) is 22.7 Å². The molecule has 2 aromatic rings. The van der Waals surface area contributed by atoms with Crippen molar-refractivity contribution in [2.75, 3.05) is 0 Å². The lowest BCUT2D eigenvalue weighted by molar-refractivity contribution is 0.282. The summed E-state index contributed by atoms with van der Waals surface area (Å²) in [6.07, 6.45) is 5.32. The molecule has 4 heteroatoms. The van der Waals surface area contributed by atoms with Crippen LogP contribution >= 0.6 is 27.5 Å². The summed E-state index contributed by atoms with van der Waals surface area (Å²) in [6.45, 7) is 3.42. The van der Waals surface area contributed by atoms with E-state index in [1.807, 2.05) is 6.07 Å². The molecule has 0 bridgehead atoms. The van der Waals surface area contributed by atoms with E-state index >= 15 is 0 Å². The summed E-state index contributed by atoms with van der Waals surface area (Å²) in [4.78, 5) is 4.66. The number of imidazole rings is 1. The van der Waals surface area contributed by atoms with Crippen molar-refractivity contribution >= 4 is 38.6 Å². The number of halogens is 2. The first-order chi connectivity index (χ1) is 9.11. The molecule has 1 saturated carbocycles. The summed E-state index contributed by atoms with van der Waals surface area (Å²) in [5.41, 5.74) is 2.63. The SMILES string of the molecule is CC1(Cn2c(CCl)nc3ccc(Br)cc32)CCCC1. The van der Waals surface area contributed by atoms with Crippen molar-refractivity contribution in [2.45, 2.75) is 45.0 Å². The van der Waals surface area contributed by atoms with Gasteiger partial charge in [-0.2, -0.15) is 0 Å². The fourth-order valence-corrected chi connectivity index (χ4v) is 3.75. The molecule has 1 aliphatic carbocycles. The summed E-state index contributed by atoms with van der Waals surface area (Å²) in [6, 6.07) is 6.24. The Kier molecular flexibility index (Phi) is 3.61. The van der Waals surface area contributed by atoms with E-state index in [-0.39, 0.29) is 0 Å². The minimum atomic E-state index is 0.400. The third-order valence-corrected chi connectivity index (χ3v) is 4.99. The lowest BCUT2D eigenvalue weighted by atomic mass is 9.89. The number of fused-ring (bicyclic) bond motifs is 1. The molecule has 0 atom stereocenters. The number of alkyl halides is 1. The van der Waals surface area contributed by atoms with Gasteiger partial charge in [0.1, 0.15) is 5.82 Å². The molecule has 1 aromatic carbocycles. The predicted molar refractivity (Wildman–Crippen MR) is 83.6 cm³/mol. The topological polar surface area (TPSA) is 17.8 Å². The Morgan fingerprint density at radius 3 is 2.79 bits per heavy atom. The number of nitrogens with zero attached hydrogens (tertiary/aromatic N) is 2. The fraction of sp³-hybridized carbons (Fsp3) is 0.533. The van der Waals surface area contributed by atoms with Crippen molar-refractivity contribution in [1.29, 1.82) is 0 Å². The second kappa shape index (κ2) is 5.10. The normalized spacial score (nSPS) is 18.3. The number of aromatic nitrogens is 2. The quantitative estimate of drug-likeness (QED) is 0.709. The molecule has 102 valence electrons. The number of rotatable bonds is 3. The number of hydrogen-bond donors (Lipinski definition) is 0. The van der Waals surface area contributed by atoms with Gasteiger partial charge in [-0.25, -0.2) is 4.98 Å². The van der Waals surface area contributed by atoms with Gasteiger partial charge in [0.25, 0.3) is 0 Å². The Hall–Kier alpha value is -0.540. The Morgan fingerprint density at radius 2 is 2.11 bits per heavy atom. The Balaban J connectivity index is 2.07. The smallest absolute Gasteiger partial charge is 0.124 e. The van der Waals surface area contributed by atoms with E-state index in [2.05, 4.69) is 44.5 Å². The lowest BCUT2D eigenvalue weighted by Gasteiger charge is -2.25. The lowest BCUT2D eigenvalue weighted by Crippen LogP contribution is -2.20. The first kappa shape index (κ1) is 13.4. The summed E-state index contributed by atoms with van der Waals surface area (Å²) in [5.74, 6) is 1.46. The van der Waals surface area contributed by atoms with Crippen LogP contribution in [-0.4, -0.2) is 9.55 Å². The standard InChI is InChI=1S/C15H18BrClN2/c1-15(6-2-3-7-15)10-19-13-8-11(16)4-5-12(13)18-14(19)9-17/h4-5,8H,2-3,6-7,9-10H2,1H3. The largest absolute Gasteiger partial charge is 0.326 e. The molecule has 1 heterocycles. The molecule has 1 fully saturated rings. The van der Waals surface area contributed by atoms with Crippen LogP contribution in [0.25, 0.3) is 11.0 Å². The highest BCUT2D eigenvalue weighted by Crippen LogP contribution is 2.40. The highest BCUT2D eigenvalue weighted by atomic mass is 79.9. The maximum absolute atomic E-state index is 6.08. The minimum Gasteiger partial charge on any atom is -0.326 e. The molecule has 0 saturated heterocycles. The van der Waals surface area contributed by atoms with Crippen LogP contribution in [0, 0.1) is 5.41 Å². The number of hydrogen-bond acceptors (Lipinski definition) is 1. The molecule has 1 aliphatic rings. The third-order valence-electron chi connectivity index (χ3n) is 4.26. The Labute approximate surface area is 127 Å². The molecule has 1 aromatic heterocycles. The first-order valence-corrected chi connectivity index (χ1v) is 8.15. The predicted octanol–water partition coefficient (Wildman–Crippen LogP) is 5.12. The van der Waals surface area contributed by atoms with Crippen LogP contribution < -0.4 is 0 Å². The first-order valence-electron chi connectivity index (χ1n) is 6.82. The van der Waals surface area contributed by atoms with E-state index < -0.39 is 0 Å². The van der Waals surface area contributed by atoms with Gasteiger partial charge in [0.05, 0.1) is 16.9 Å². The van der Waals surface area contributed by atoms with Crippen molar-refractivity contribution in [1.82, 2.24) is 9.55 Å². The van der Waals surface area contributed by atoms with Crippen molar-refractivity contribution in [3.05, 3.63) is 28.5 Å². The van der Waals surface area contributed by atoms with E-state index in [0.29, 0.717) is 11.3 Å². The van der Waals surface area contributed by atoms with E-state index in [9.17, 15) is 0 Å². The van der Waals surface area contributed by atoms with Crippen LogP contribution in [0.3, 0.4) is 0 Å². The molecule has 0 radical (unpaired) electrons. The van der Waals surface area contributed by atoms with Gasteiger partial charge in [0.2, 0.25) is 0 Å². The van der Waals surface area contributed by atoms with Crippen LogP contribution in [-0.2, 0) is 12.4 Å². The van der Waals surface area contributed by atoms with Crippen LogP contribution in [0.4, 0.5) is 0 Å². The molecular weight excluding hydrogens is 324 g/mol. The van der Waals surface area contributed by atoms with Gasteiger partial charge in [0.15, 0.2) is 0 Å². The monoisotopic (exact) mass is 340 g/mol. The van der Waals surface area contributed by atoms with Gasteiger partial charge in [-0.3, -0.25) is 0 Å². The number of benzene rings is 1. The highest BCUT2D eigenvalue weighted by Gasteiger charge is 2.30. The van der Waals surface area contributed by atoms with Crippen molar-refractivity contribution < 1.29 is 0 Å². The maximum Gasteiger partial charge on any atom is 0.124 e. The van der Waals surface area contributed by atoms with E-state index in [4.69, 9.17) is 11.6 Å². The summed E-state index contributed by atoms with van der Waals surface area (Å²) in [7, 11) is 0. The zero-order valence-corrected chi connectivity index (χ0v) is 13.5. The van der Waals surface area contributed by atoms with Crippen molar-refractivity contribution in [2.24, 2.45) is 5.41 Å². The second-order valence-corrected chi connectivity index (χ2v) is 7.08. The summed E-state index contributed by atoms with van der Waals surface area (Å²) < 4.78 is 3.41. The van der Waals surface area contributed by atoms with Gasteiger partial charge >= 0.3 is 0 Å². The molecule has 0 spiro atoms. The average Bonchev–Trinajstić information content (AvgIpc) is 2.95. The van der Waals surface area contributed by atoms with Crippen LogP contribution in [0.2, 0.25) is 0 Å². The molecule has 0 unspecified atom stereocenters. The summed E-state index contributed by atoms with van der Waals surface area (Å²) in [5, 5.41) is 0. The molecular formula is C15H18BrClN2. The van der Waals surface area contributed by atoms with Gasteiger partial charge in [-0.15, -0.1) is 11.6 Å². The van der Waals surface area contributed by atoms with E-state index in [0.717, 1.165) is 22.4 Å². The van der Waals surface area contributed by atoms with Gasteiger partial charge in [-0.05, 0) is 36.5 Å². The molecule has 0 aliphatic heterocycles. The molecule has 3 rings (SSSR count). The zero-order chi connectivity index (χ0) is 13.5. The molecule has 0 N–H and O–H groups in total. The highest BCUT2D eigenvalue weighted by molar-refractivity contribution is 9.10. The molecule has 0 amide bonds. The second-order valence-electron chi connectivity index (χ2n) is 5.90. The maximum atomic E-state index is 6.08. The average molecular weight is 342 g/mol. The van der Waals surface area contributed by atoms with Gasteiger partial charge in [-0.1, -0.05) is 35.7 Å². The third kappa shape index (κ3) is 2.55.